The monoisotopic (exact) mass is 290 g/mol. The summed E-state index contributed by atoms with van der Waals surface area (Å²) in [6.07, 6.45) is 5.17. The summed E-state index contributed by atoms with van der Waals surface area (Å²) in [6.45, 7) is 12.3. The van der Waals surface area contributed by atoms with E-state index in [0.717, 1.165) is 25.7 Å². The predicted molar refractivity (Wildman–Crippen MR) is 84.0 cm³/mol. The van der Waals surface area contributed by atoms with Crippen molar-refractivity contribution in [3.8, 4) is 0 Å². The molecule has 0 bridgehead atoms. The van der Waals surface area contributed by atoms with Crippen LogP contribution in [0.3, 0.4) is 0 Å². The third kappa shape index (κ3) is 19.6. The molecule has 2 N–H and O–H groups in total. The highest BCUT2D eigenvalue weighted by atomic mass is 17.0. The van der Waals surface area contributed by atoms with Crippen molar-refractivity contribution in [2.24, 2.45) is 11.8 Å². The Morgan fingerprint density at radius 2 is 1.00 bits per heavy atom. The summed E-state index contributed by atoms with van der Waals surface area (Å²) >= 11 is 0. The molecule has 122 valence electrons. The molecule has 0 heterocycles. The Labute approximate surface area is 124 Å². The molecule has 2 unspecified atom stereocenters. The molecule has 0 rings (SSSR count). The van der Waals surface area contributed by atoms with Gasteiger partial charge in [-0.05, 0) is 11.8 Å². The van der Waals surface area contributed by atoms with Crippen LogP contribution in [0.1, 0.15) is 80.1 Å². The lowest BCUT2D eigenvalue weighted by molar-refractivity contribution is -0.176. The van der Waals surface area contributed by atoms with Crippen LogP contribution in [-0.4, -0.2) is 22.1 Å². The maximum atomic E-state index is 10.8. The molecular formula is C16H34O4. The van der Waals surface area contributed by atoms with E-state index in [0.29, 0.717) is 36.2 Å². The molecular weight excluding hydrogens is 256 g/mol. The maximum Gasteiger partial charge on any atom is 0.132 e. The quantitative estimate of drug-likeness (QED) is 0.496. The third-order valence-corrected chi connectivity index (χ3v) is 3.33. The number of carbonyl (C=O) groups is 2. The van der Waals surface area contributed by atoms with Crippen LogP contribution < -0.4 is 0 Å². The van der Waals surface area contributed by atoms with Gasteiger partial charge >= 0.3 is 0 Å². The highest BCUT2D eigenvalue weighted by Crippen LogP contribution is 2.08. The van der Waals surface area contributed by atoms with Crippen LogP contribution in [0.5, 0.6) is 0 Å². The lowest BCUT2D eigenvalue weighted by Gasteiger charge is -2.03. The number of Topliss-reactive ketones (excluding diaryl/α,β-unsaturated/α-hetero) is 2. The molecule has 0 aromatic heterocycles. The van der Waals surface area contributed by atoms with Gasteiger partial charge in [-0.15, -0.1) is 0 Å². The Bertz CT molecular complexity index is 203. The average Bonchev–Trinajstić information content (AvgIpc) is 2.49. The Morgan fingerprint density at radius 3 is 1.15 bits per heavy atom. The Kier molecular flexibility index (Phi) is 22.2. The number of hydrogen-bond donors (Lipinski definition) is 2. The van der Waals surface area contributed by atoms with Crippen molar-refractivity contribution in [2.45, 2.75) is 80.1 Å². The van der Waals surface area contributed by atoms with Crippen LogP contribution in [0, 0.1) is 11.8 Å². The fraction of sp³-hybridized carbons (Fsp3) is 0.875. The van der Waals surface area contributed by atoms with E-state index in [4.69, 9.17) is 10.5 Å². The predicted octanol–water partition coefficient (Wildman–Crippen LogP) is 4.82. The SMILES string of the molecule is CCC(=O)CC(C)CC.CCC(=O)CC(C)CC.OO. The average molecular weight is 290 g/mol. The summed E-state index contributed by atoms with van der Waals surface area (Å²) in [4.78, 5) is 21.6. The van der Waals surface area contributed by atoms with E-state index >= 15 is 0 Å². The molecule has 20 heavy (non-hydrogen) atoms. The van der Waals surface area contributed by atoms with Gasteiger partial charge in [-0.3, -0.25) is 20.1 Å². The van der Waals surface area contributed by atoms with Gasteiger partial charge in [-0.1, -0.05) is 54.4 Å². The van der Waals surface area contributed by atoms with Gasteiger partial charge in [-0.25, -0.2) is 0 Å². The number of carbonyl (C=O) groups excluding carboxylic acids is 2. The molecule has 4 nitrogen and oxygen atoms in total. The first-order valence-corrected chi connectivity index (χ1v) is 7.64. The Morgan fingerprint density at radius 1 is 0.750 bits per heavy atom. The van der Waals surface area contributed by atoms with Crippen LogP contribution in [-0.2, 0) is 9.59 Å². The lowest BCUT2D eigenvalue weighted by atomic mass is 10.0. The molecule has 0 fully saturated rings. The largest absolute Gasteiger partial charge is 0.300 e. The van der Waals surface area contributed by atoms with E-state index in [9.17, 15) is 9.59 Å². The summed E-state index contributed by atoms with van der Waals surface area (Å²) in [6, 6.07) is 0. The zero-order valence-corrected chi connectivity index (χ0v) is 14.1. The number of rotatable bonds is 8. The second-order valence-electron chi connectivity index (χ2n) is 5.22. The highest BCUT2D eigenvalue weighted by Gasteiger charge is 2.04. The summed E-state index contributed by atoms with van der Waals surface area (Å²) in [5.41, 5.74) is 0. The van der Waals surface area contributed by atoms with Crippen molar-refractivity contribution in [1.29, 1.82) is 0 Å². The van der Waals surface area contributed by atoms with Crippen LogP contribution in [0.2, 0.25) is 0 Å². The fourth-order valence-electron chi connectivity index (χ4n) is 1.35. The van der Waals surface area contributed by atoms with Crippen molar-refractivity contribution in [3.63, 3.8) is 0 Å². The highest BCUT2D eigenvalue weighted by molar-refractivity contribution is 5.78. The van der Waals surface area contributed by atoms with Crippen molar-refractivity contribution in [3.05, 3.63) is 0 Å². The molecule has 0 saturated carbocycles. The Hall–Kier alpha value is -0.740. The van der Waals surface area contributed by atoms with Crippen LogP contribution >= 0.6 is 0 Å². The molecule has 0 amide bonds. The maximum absolute atomic E-state index is 10.8. The van der Waals surface area contributed by atoms with Crippen molar-refractivity contribution in [2.75, 3.05) is 0 Å². The van der Waals surface area contributed by atoms with Crippen LogP contribution in [0.15, 0.2) is 0 Å². The Balaban J connectivity index is -0.000000257. The van der Waals surface area contributed by atoms with Gasteiger partial charge < -0.3 is 0 Å². The fourth-order valence-corrected chi connectivity index (χ4v) is 1.35. The van der Waals surface area contributed by atoms with Gasteiger partial charge in [0.05, 0.1) is 0 Å². The first-order chi connectivity index (χ1) is 9.40. The molecule has 0 aromatic rings. The molecule has 0 spiro atoms. The number of ketones is 2. The molecule has 0 aromatic carbocycles. The van der Waals surface area contributed by atoms with Gasteiger partial charge in [0.1, 0.15) is 11.6 Å². The topological polar surface area (TPSA) is 74.6 Å². The zero-order chi connectivity index (χ0) is 16.6. The first kappa shape index (κ1) is 24.3. The second-order valence-corrected chi connectivity index (χ2v) is 5.22. The first-order valence-electron chi connectivity index (χ1n) is 7.64. The van der Waals surface area contributed by atoms with Crippen molar-refractivity contribution < 1.29 is 20.1 Å². The van der Waals surface area contributed by atoms with Gasteiger partial charge in [0, 0.05) is 25.7 Å². The molecule has 0 aliphatic carbocycles. The molecule has 0 aliphatic rings. The molecule has 0 saturated heterocycles. The summed E-state index contributed by atoms with van der Waals surface area (Å²) < 4.78 is 0. The van der Waals surface area contributed by atoms with Crippen LogP contribution in [0.4, 0.5) is 0 Å². The summed E-state index contributed by atoms with van der Waals surface area (Å²) in [5.74, 6) is 1.95. The molecule has 0 aliphatic heterocycles. The summed E-state index contributed by atoms with van der Waals surface area (Å²) in [5, 5.41) is 12.0. The van der Waals surface area contributed by atoms with E-state index in [1.165, 1.54) is 0 Å². The van der Waals surface area contributed by atoms with E-state index in [2.05, 4.69) is 27.7 Å². The summed E-state index contributed by atoms with van der Waals surface area (Å²) in [7, 11) is 0. The van der Waals surface area contributed by atoms with Crippen LogP contribution in [0.25, 0.3) is 0 Å². The van der Waals surface area contributed by atoms with E-state index in [-0.39, 0.29) is 0 Å². The molecule has 0 radical (unpaired) electrons. The minimum atomic E-state index is 0.393. The second kappa shape index (κ2) is 18.3. The standard InChI is InChI=1S/2C8H16O.H2O2/c2*1-4-7(3)6-8(9)5-2;1-2/h2*7H,4-6H2,1-3H3;1-2H. The van der Waals surface area contributed by atoms with Crippen molar-refractivity contribution in [1.82, 2.24) is 0 Å². The lowest BCUT2D eigenvalue weighted by Crippen LogP contribution is -2.02. The smallest absolute Gasteiger partial charge is 0.132 e. The van der Waals surface area contributed by atoms with E-state index in [1.54, 1.807) is 0 Å². The molecule has 4 heteroatoms. The minimum absolute atomic E-state index is 0.393. The van der Waals surface area contributed by atoms with Gasteiger partial charge in [0.25, 0.3) is 0 Å². The normalized spacial score (nSPS) is 12.2. The van der Waals surface area contributed by atoms with Crippen molar-refractivity contribution >= 4 is 11.6 Å². The van der Waals surface area contributed by atoms with Gasteiger partial charge in [0.15, 0.2) is 0 Å². The van der Waals surface area contributed by atoms with Gasteiger partial charge in [0.2, 0.25) is 0 Å². The third-order valence-electron chi connectivity index (χ3n) is 3.33. The van der Waals surface area contributed by atoms with E-state index < -0.39 is 0 Å². The number of hydrogen-bond acceptors (Lipinski definition) is 4. The zero-order valence-electron chi connectivity index (χ0n) is 14.1. The van der Waals surface area contributed by atoms with Gasteiger partial charge in [-0.2, -0.15) is 0 Å². The van der Waals surface area contributed by atoms with E-state index in [1.807, 2.05) is 13.8 Å². The molecule has 2 atom stereocenters. The minimum Gasteiger partial charge on any atom is -0.300 e.